The molecule has 1 rings (SSSR count). The van der Waals surface area contributed by atoms with Crippen LogP contribution >= 0.6 is 15.9 Å². The summed E-state index contributed by atoms with van der Waals surface area (Å²) in [7, 11) is 0. The first kappa shape index (κ1) is 4.56. The van der Waals surface area contributed by atoms with Gasteiger partial charge in [-0.2, -0.15) is 0 Å². The van der Waals surface area contributed by atoms with Crippen molar-refractivity contribution in [2.24, 2.45) is 0 Å². The van der Waals surface area contributed by atoms with E-state index in [4.69, 9.17) is 9.84 Å². The van der Waals surface area contributed by atoms with Crippen LogP contribution in [0.4, 0.5) is 0 Å². The summed E-state index contributed by atoms with van der Waals surface area (Å²) in [6.45, 7) is 0.719. The van der Waals surface area contributed by atoms with Gasteiger partial charge in [-0.3, -0.25) is 0 Å². The van der Waals surface area contributed by atoms with Gasteiger partial charge in [0.25, 0.3) is 0 Å². The summed E-state index contributed by atoms with van der Waals surface area (Å²) in [6, 6.07) is 0. The fourth-order valence-corrected chi connectivity index (χ4v) is 0.284. The van der Waals surface area contributed by atoms with E-state index in [1.54, 1.807) is 0 Å². The summed E-state index contributed by atoms with van der Waals surface area (Å²) >= 11 is 3.12. The number of halogens is 1. The number of aliphatic hydroxyl groups excluding tert-OH is 1. The Kier molecular flexibility index (Phi) is 0.898. The van der Waals surface area contributed by atoms with Gasteiger partial charge in [-0.15, -0.1) is 0 Å². The van der Waals surface area contributed by atoms with Crippen LogP contribution in [-0.4, -0.2) is 22.8 Å². The molecule has 3 heteroatoms. The number of epoxide rings is 1. The van der Waals surface area contributed by atoms with Gasteiger partial charge in [0.2, 0.25) is 0 Å². The molecule has 0 aromatic heterocycles. The summed E-state index contributed by atoms with van der Waals surface area (Å²) < 4.78 is 4.37. The zero-order valence-electron chi connectivity index (χ0n) is 3.15. The largest absolute Gasteiger partial charge is 0.392 e. The van der Waals surface area contributed by atoms with Gasteiger partial charge < -0.3 is 9.84 Å². The van der Waals surface area contributed by atoms with Gasteiger partial charge in [0, 0.05) is 0 Å². The first-order chi connectivity index (χ1) is 2.77. The second kappa shape index (κ2) is 1.18. The number of rotatable bonds is 1. The van der Waals surface area contributed by atoms with Crippen LogP contribution in [0.1, 0.15) is 0 Å². The minimum atomic E-state index is -0.340. The van der Waals surface area contributed by atoms with Crippen molar-refractivity contribution in [2.45, 2.75) is 4.51 Å². The standard InChI is InChI=1S/C3H5BrO2/c4-3(1-5)2-6-3/h5H,1-2H2/t3-/m1/s1. The number of hydrogen-bond donors (Lipinski definition) is 1. The van der Waals surface area contributed by atoms with E-state index in [0.717, 1.165) is 0 Å². The van der Waals surface area contributed by atoms with Crippen molar-refractivity contribution in [1.29, 1.82) is 0 Å². The molecule has 1 N–H and O–H groups in total. The maximum absolute atomic E-state index is 8.29. The molecule has 1 aliphatic heterocycles. The molecule has 0 spiro atoms. The minimum Gasteiger partial charge on any atom is -0.392 e. The molecule has 0 unspecified atom stereocenters. The predicted molar refractivity (Wildman–Crippen MR) is 24.7 cm³/mol. The quantitative estimate of drug-likeness (QED) is 0.428. The second-order valence-electron chi connectivity index (χ2n) is 1.33. The summed E-state index contributed by atoms with van der Waals surface area (Å²) in [5.41, 5.74) is 0. The van der Waals surface area contributed by atoms with E-state index >= 15 is 0 Å². The molecule has 0 aromatic carbocycles. The molecule has 1 atom stereocenters. The van der Waals surface area contributed by atoms with E-state index in [9.17, 15) is 0 Å². The van der Waals surface area contributed by atoms with Gasteiger partial charge in [0.15, 0.2) is 4.51 Å². The number of alkyl halides is 1. The minimum absolute atomic E-state index is 0.0764. The lowest BCUT2D eigenvalue weighted by Crippen LogP contribution is -2.04. The fraction of sp³-hybridized carbons (Fsp3) is 1.00. The van der Waals surface area contributed by atoms with Crippen molar-refractivity contribution >= 4 is 15.9 Å². The Morgan fingerprint density at radius 1 is 2.00 bits per heavy atom. The van der Waals surface area contributed by atoms with Gasteiger partial charge in [-0.1, -0.05) is 0 Å². The molecule has 6 heavy (non-hydrogen) atoms. The van der Waals surface area contributed by atoms with Crippen molar-refractivity contribution in [3.05, 3.63) is 0 Å². The van der Waals surface area contributed by atoms with Crippen molar-refractivity contribution in [3.63, 3.8) is 0 Å². The van der Waals surface area contributed by atoms with Gasteiger partial charge in [0.05, 0.1) is 13.2 Å². The fourth-order valence-electron chi connectivity index (χ4n) is 0.170. The third-order valence-corrected chi connectivity index (χ3v) is 1.40. The zero-order chi connectivity index (χ0) is 4.62. The summed E-state index contributed by atoms with van der Waals surface area (Å²) in [5.74, 6) is 0. The Hall–Kier alpha value is 0.400. The summed E-state index contributed by atoms with van der Waals surface area (Å²) in [5, 5.41) is 8.29. The van der Waals surface area contributed by atoms with E-state index in [-0.39, 0.29) is 11.1 Å². The summed E-state index contributed by atoms with van der Waals surface area (Å²) in [4.78, 5) is 0. The van der Waals surface area contributed by atoms with E-state index < -0.39 is 0 Å². The van der Waals surface area contributed by atoms with Gasteiger partial charge in [-0.05, 0) is 15.9 Å². The topological polar surface area (TPSA) is 32.8 Å². The molecular formula is C3H5BrO2. The van der Waals surface area contributed by atoms with Crippen LogP contribution in [-0.2, 0) is 4.74 Å². The SMILES string of the molecule is OC[C@]1(Br)CO1. The van der Waals surface area contributed by atoms with Crippen LogP contribution in [0, 0.1) is 0 Å². The average molecular weight is 153 g/mol. The molecule has 2 nitrogen and oxygen atoms in total. The smallest absolute Gasteiger partial charge is 0.168 e. The Morgan fingerprint density at radius 3 is 2.50 bits per heavy atom. The Balaban J connectivity index is 2.28. The highest BCUT2D eigenvalue weighted by molar-refractivity contribution is 9.10. The monoisotopic (exact) mass is 152 g/mol. The number of hydrogen-bond acceptors (Lipinski definition) is 2. The van der Waals surface area contributed by atoms with Crippen LogP contribution in [0.3, 0.4) is 0 Å². The van der Waals surface area contributed by atoms with Crippen molar-refractivity contribution in [1.82, 2.24) is 0 Å². The van der Waals surface area contributed by atoms with E-state index in [1.807, 2.05) is 0 Å². The van der Waals surface area contributed by atoms with Gasteiger partial charge >= 0.3 is 0 Å². The molecule has 0 saturated carbocycles. The molecule has 1 fully saturated rings. The van der Waals surface area contributed by atoms with Crippen molar-refractivity contribution < 1.29 is 9.84 Å². The summed E-state index contributed by atoms with van der Waals surface area (Å²) in [6.07, 6.45) is 0. The lowest BCUT2D eigenvalue weighted by atomic mass is 10.5. The molecule has 1 aliphatic rings. The lowest BCUT2D eigenvalue weighted by molar-refractivity contribution is 0.231. The van der Waals surface area contributed by atoms with Crippen LogP contribution in [0.25, 0.3) is 0 Å². The molecule has 0 aliphatic carbocycles. The van der Waals surface area contributed by atoms with Crippen LogP contribution in [0.15, 0.2) is 0 Å². The maximum atomic E-state index is 8.29. The van der Waals surface area contributed by atoms with Crippen LogP contribution in [0.2, 0.25) is 0 Å². The van der Waals surface area contributed by atoms with E-state index in [2.05, 4.69) is 15.9 Å². The highest BCUT2D eigenvalue weighted by atomic mass is 79.9. The Bertz CT molecular complexity index is 59.8. The van der Waals surface area contributed by atoms with E-state index in [1.165, 1.54) is 0 Å². The zero-order valence-corrected chi connectivity index (χ0v) is 4.73. The van der Waals surface area contributed by atoms with E-state index in [0.29, 0.717) is 6.61 Å². The highest BCUT2D eigenvalue weighted by Crippen LogP contribution is 2.32. The van der Waals surface area contributed by atoms with Crippen LogP contribution < -0.4 is 0 Å². The maximum Gasteiger partial charge on any atom is 0.168 e. The van der Waals surface area contributed by atoms with Gasteiger partial charge in [-0.25, -0.2) is 0 Å². The third kappa shape index (κ3) is 0.721. The Morgan fingerprint density at radius 2 is 2.50 bits per heavy atom. The average Bonchev–Trinajstić information content (AvgIpc) is 2.22. The molecule has 0 aromatic rings. The molecule has 1 heterocycles. The van der Waals surface area contributed by atoms with Crippen LogP contribution in [0.5, 0.6) is 0 Å². The van der Waals surface area contributed by atoms with Gasteiger partial charge in [0.1, 0.15) is 0 Å². The normalized spacial score (nSPS) is 43.0. The molecule has 0 amide bonds. The number of ether oxygens (including phenoxy) is 1. The molecule has 36 valence electrons. The molecule has 0 radical (unpaired) electrons. The lowest BCUT2D eigenvalue weighted by Gasteiger charge is -1.89. The molecule has 0 bridgehead atoms. The predicted octanol–water partition coefficient (Wildman–Crippen LogP) is 0.100. The second-order valence-corrected chi connectivity index (χ2v) is 2.78. The number of aliphatic hydroxyl groups is 1. The van der Waals surface area contributed by atoms with Crippen molar-refractivity contribution in [3.8, 4) is 0 Å². The first-order valence-corrected chi connectivity index (χ1v) is 2.50. The van der Waals surface area contributed by atoms with Crippen molar-refractivity contribution in [2.75, 3.05) is 13.2 Å². The molecular weight excluding hydrogens is 148 g/mol. The highest BCUT2D eigenvalue weighted by Gasteiger charge is 2.40. The first-order valence-electron chi connectivity index (χ1n) is 1.71. The third-order valence-electron chi connectivity index (χ3n) is 0.694. The molecule has 1 saturated heterocycles. The Labute approximate surface area is 44.2 Å².